The molecule has 0 aliphatic heterocycles. The topological polar surface area (TPSA) is 44.8 Å². The molecule has 0 bridgehead atoms. The Hall–Kier alpha value is -0.450. The summed E-state index contributed by atoms with van der Waals surface area (Å²) in [6.45, 7) is 9.01. The Morgan fingerprint density at radius 2 is 1.44 bits per heavy atom. The van der Waals surface area contributed by atoms with E-state index < -0.39 is 0 Å². The fourth-order valence-electron chi connectivity index (χ4n) is 0.975. The predicted molar refractivity (Wildman–Crippen MR) is 62.6 cm³/mol. The molecule has 0 amide bonds. The molecule has 0 aliphatic carbocycles. The van der Waals surface area contributed by atoms with Crippen LogP contribution in [0.25, 0.3) is 0 Å². The maximum atomic E-state index is 10.5. The molecule has 0 unspecified atom stereocenters. The third-order valence-corrected chi connectivity index (χ3v) is 1.89. The van der Waals surface area contributed by atoms with Gasteiger partial charge in [-0.25, -0.2) is 0 Å². The van der Waals surface area contributed by atoms with E-state index in [1.807, 2.05) is 0 Å². The zero-order valence-electron chi connectivity index (χ0n) is 10.7. The maximum Gasteiger partial charge on any atom is 0.155 e. The van der Waals surface area contributed by atoms with E-state index in [9.17, 15) is 4.79 Å². The predicted octanol–water partition coefficient (Wildman–Crippen LogP) is 1.67. The van der Waals surface area contributed by atoms with Crippen LogP contribution in [0.4, 0.5) is 0 Å². The fourth-order valence-corrected chi connectivity index (χ4v) is 0.975. The molecule has 0 aromatic heterocycles. The molecule has 0 N–H and O–H groups in total. The Kier molecular flexibility index (Phi) is 10.7. The molecule has 0 radical (unpaired) electrons. The van der Waals surface area contributed by atoms with Gasteiger partial charge >= 0.3 is 0 Å². The van der Waals surface area contributed by atoms with Crippen LogP contribution in [0.15, 0.2) is 0 Å². The van der Waals surface area contributed by atoms with E-state index in [1.54, 1.807) is 0 Å². The number of rotatable bonds is 11. The van der Waals surface area contributed by atoms with Gasteiger partial charge in [0.05, 0.1) is 26.4 Å². The molecule has 4 nitrogen and oxygen atoms in total. The third-order valence-electron chi connectivity index (χ3n) is 1.89. The van der Waals surface area contributed by atoms with Crippen LogP contribution in [0.1, 0.15) is 27.2 Å². The van der Waals surface area contributed by atoms with Gasteiger partial charge in [-0.2, -0.15) is 0 Å². The van der Waals surface area contributed by atoms with Crippen LogP contribution in [0.3, 0.4) is 0 Å². The maximum absolute atomic E-state index is 10.5. The Bertz CT molecular complexity index is 168. The van der Waals surface area contributed by atoms with Crippen molar-refractivity contribution >= 4 is 5.78 Å². The molecule has 0 aliphatic rings. The first-order valence-corrected chi connectivity index (χ1v) is 5.85. The van der Waals surface area contributed by atoms with Crippen LogP contribution >= 0.6 is 0 Å². The molecule has 16 heavy (non-hydrogen) atoms. The molecule has 0 saturated heterocycles. The molecular formula is C12H24O4. The average Bonchev–Trinajstić information content (AvgIpc) is 2.20. The van der Waals surface area contributed by atoms with Crippen LogP contribution < -0.4 is 0 Å². The van der Waals surface area contributed by atoms with Gasteiger partial charge in [-0.15, -0.1) is 0 Å². The molecular weight excluding hydrogens is 208 g/mol. The Labute approximate surface area is 98.3 Å². The molecule has 0 aromatic rings. The number of carbonyl (C=O) groups excluding carboxylic acids is 1. The quantitative estimate of drug-likeness (QED) is 0.508. The second-order valence-electron chi connectivity index (χ2n) is 4.16. The standard InChI is InChI=1S/C12H24O4/c1-11(2)4-5-14-6-7-15-8-9-16-10-12(3)13/h11H,4-10H2,1-3H3. The smallest absolute Gasteiger partial charge is 0.155 e. The van der Waals surface area contributed by atoms with Crippen LogP contribution in [0.2, 0.25) is 0 Å². The number of ketones is 1. The zero-order valence-corrected chi connectivity index (χ0v) is 10.7. The van der Waals surface area contributed by atoms with Gasteiger partial charge in [-0.05, 0) is 19.3 Å². The van der Waals surface area contributed by atoms with E-state index in [0.717, 1.165) is 13.0 Å². The molecule has 0 fully saturated rings. The van der Waals surface area contributed by atoms with Crippen molar-refractivity contribution in [1.29, 1.82) is 0 Å². The minimum Gasteiger partial charge on any atom is -0.379 e. The van der Waals surface area contributed by atoms with Gasteiger partial charge in [0.15, 0.2) is 5.78 Å². The lowest BCUT2D eigenvalue weighted by molar-refractivity contribution is -0.122. The summed E-state index contributed by atoms with van der Waals surface area (Å²) in [7, 11) is 0. The van der Waals surface area contributed by atoms with E-state index >= 15 is 0 Å². The zero-order chi connectivity index (χ0) is 12.2. The van der Waals surface area contributed by atoms with E-state index in [1.165, 1.54) is 6.92 Å². The summed E-state index contributed by atoms with van der Waals surface area (Å²) in [4.78, 5) is 10.5. The van der Waals surface area contributed by atoms with Gasteiger partial charge in [0.2, 0.25) is 0 Å². The molecule has 0 saturated carbocycles. The minimum absolute atomic E-state index is 0.0389. The lowest BCUT2D eigenvalue weighted by atomic mass is 10.1. The van der Waals surface area contributed by atoms with Crippen LogP contribution in [0.5, 0.6) is 0 Å². The van der Waals surface area contributed by atoms with Crippen LogP contribution in [-0.4, -0.2) is 45.4 Å². The molecule has 4 heteroatoms. The third kappa shape index (κ3) is 13.5. The van der Waals surface area contributed by atoms with Gasteiger partial charge < -0.3 is 14.2 Å². The number of Topliss-reactive ketones (excluding diaryl/α,β-unsaturated/α-hetero) is 1. The van der Waals surface area contributed by atoms with Crippen molar-refractivity contribution in [1.82, 2.24) is 0 Å². The number of carbonyl (C=O) groups is 1. The summed E-state index contributed by atoms with van der Waals surface area (Å²) in [6.07, 6.45) is 1.09. The molecule has 0 atom stereocenters. The minimum atomic E-state index is 0.0389. The fraction of sp³-hybridized carbons (Fsp3) is 0.917. The molecule has 96 valence electrons. The Morgan fingerprint density at radius 3 is 1.94 bits per heavy atom. The molecule has 0 aromatic carbocycles. The number of ether oxygens (including phenoxy) is 3. The monoisotopic (exact) mass is 232 g/mol. The summed E-state index contributed by atoms with van der Waals surface area (Å²) in [5, 5.41) is 0. The molecule has 0 rings (SSSR count). The van der Waals surface area contributed by atoms with Crippen LogP contribution in [0, 0.1) is 5.92 Å². The first-order valence-electron chi connectivity index (χ1n) is 5.85. The number of hydrogen-bond donors (Lipinski definition) is 0. The van der Waals surface area contributed by atoms with Crippen molar-refractivity contribution in [2.24, 2.45) is 5.92 Å². The van der Waals surface area contributed by atoms with Crippen molar-refractivity contribution in [2.75, 3.05) is 39.6 Å². The van der Waals surface area contributed by atoms with Gasteiger partial charge in [0, 0.05) is 6.61 Å². The molecule has 0 heterocycles. The van der Waals surface area contributed by atoms with E-state index in [0.29, 0.717) is 32.3 Å². The second-order valence-corrected chi connectivity index (χ2v) is 4.16. The van der Waals surface area contributed by atoms with Gasteiger partial charge in [-0.1, -0.05) is 13.8 Å². The lowest BCUT2D eigenvalue weighted by Crippen LogP contribution is -2.12. The van der Waals surface area contributed by atoms with Crippen molar-refractivity contribution in [3.05, 3.63) is 0 Å². The summed E-state index contributed by atoms with van der Waals surface area (Å²) in [6, 6.07) is 0. The highest BCUT2D eigenvalue weighted by atomic mass is 16.5. The van der Waals surface area contributed by atoms with E-state index in [4.69, 9.17) is 14.2 Å². The summed E-state index contributed by atoms with van der Waals surface area (Å²) >= 11 is 0. The van der Waals surface area contributed by atoms with Crippen molar-refractivity contribution in [3.63, 3.8) is 0 Å². The van der Waals surface area contributed by atoms with Crippen molar-refractivity contribution in [2.45, 2.75) is 27.2 Å². The second kappa shape index (κ2) is 11.0. The Morgan fingerprint density at radius 1 is 0.938 bits per heavy atom. The van der Waals surface area contributed by atoms with E-state index in [2.05, 4.69) is 13.8 Å². The van der Waals surface area contributed by atoms with Gasteiger partial charge in [0.1, 0.15) is 6.61 Å². The normalized spacial score (nSPS) is 11.0. The average molecular weight is 232 g/mol. The number of hydrogen-bond acceptors (Lipinski definition) is 4. The SMILES string of the molecule is CC(=O)COCCOCCOCCC(C)C. The summed E-state index contributed by atoms with van der Waals surface area (Å²) in [5.74, 6) is 0.720. The largest absolute Gasteiger partial charge is 0.379 e. The lowest BCUT2D eigenvalue weighted by Gasteiger charge is -2.07. The first-order chi connectivity index (χ1) is 7.63. The summed E-state index contributed by atoms with van der Waals surface area (Å²) in [5.41, 5.74) is 0. The highest BCUT2D eigenvalue weighted by molar-refractivity contribution is 5.76. The van der Waals surface area contributed by atoms with Gasteiger partial charge in [-0.3, -0.25) is 4.79 Å². The van der Waals surface area contributed by atoms with Gasteiger partial charge in [0.25, 0.3) is 0 Å². The highest BCUT2D eigenvalue weighted by Gasteiger charge is 1.95. The van der Waals surface area contributed by atoms with Crippen molar-refractivity contribution < 1.29 is 19.0 Å². The Balaban J connectivity index is 2.96. The summed E-state index contributed by atoms with van der Waals surface area (Å²) < 4.78 is 15.7. The highest BCUT2D eigenvalue weighted by Crippen LogP contribution is 1.98. The van der Waals surface area contributed by atoms with Crippen molar-refractivity contribution in [3.8, 4) is 0 Å². The molecule has 0 spiro atoms. The first kappa shape index (κ1) is 15.6. The van der Waals surface area contributed by atoms with E-state index in [-0.39, 0.29) is 12.4 Å². The van der Waals surface area contributed by atoms with Crippen LogP contribution in [-0.2, 0) is 19.0 Å².